The predicted octanol–water partition coefficient (Wildman–Crippen LogP) is 1.84. The third-order valence-corrected chi connectivity index (χ3v) is 2.68. The van der Waals surface area contributed by atoms with Gasteiger partial charge in [-0.2, -0.15) is 0 Å². The van der Waals surface area contributed by atoms with Crippen molar-refractivity contribution in [1.29, 1.82) is 0 Å². The fraction of sp³-hybridized carbons (Fsp3) is 0.889. The van der Waals surface area contributed by atoms with Gasteiger partial charge >= 0.3 is 5.97 Å². The summed E-state index contributed by atoms with van der Waals surface area (Å²) in [6, 6.07) is 0. The normalized spacial score (nSPS) is 27.3. The summed E-state index contributed by atoms with van der Waals surface area (Å²) in [5.41, 5.74) is 0. The van der Waals surface area contributed by atoms with Gasteiger partial charge in [-0.1, -0.05) is 20.8 Å². The van der Waals surface area contributed by atoms with Crippen molar-refractivity contribution < 1.29 is 9.53 Å². The van der Waals surface area contributed by atoms with Gasteiger partial charge in [0.2, 0.25) is 0 Å². The minimum absolute atomic E-state index is 0.0255. The maximum absolute atomic E-state index is 10.8. The summed E-state index contributed by atoms with van der Waals surface area (Å²) in [6.45, 7) is 7.20. The van der Waals surface area contributed by atoms with Gasteiger partial charge in [0.25, 0.3) is 0 Å². The van der Waals surface area contributed by atoms with Gasteiger partial charge in [-0.15, -0.1) is 0 Å². The van der Waals surface area contributed by atoms with Crippen LogP contribution < -0.4 is 0 Å². The van der Waals surface area contributed by atoms with E-state index < -0.39 is 0 Å². The third-order valence-electron chi connectivity index (χ3n) is 2.68. The van der Waals surface area contributed by atoms with Crippen LogP contribution in [-0.2, 0) is 9.53 Å². The summed E-state index contributed by atoms with van der Waals surface area (Å²) >= 11 is 0. The molecule has 11 heavy (non-hydrogen) atoms. The van der Waals surface area contributed by atoms with E-state index in [1.165, 1.54) is 0 Å². The van der Waals surface area contributed by atoms with Gasteiger partial charge in [0.1, 0.15) is 0 Å². The van der Waals surface area contributed by atoms with E-state index in [1.807, 2.05) is 0 Å². The number of ether oxygens (including phenoxy) is 1. The van der Waals surface area contributed by atoms with Gasteiger partial charge in [0.05, 0.1) is 13.0 Å². The van der Waals surface area contributed by atoms with Crippen molar-refractivity contribution in [1.82, 2.24) is 0 Å². The zero-order valence-corrected chi connectivity index (χ0v) is 7.46. The van der Waals surface area contributed by atoms with Crippen molar-refractivity contribution in [3.05, 3.63) is 0 Å². The molecular formula is C9H16O2. The van der Waals surface area contributed by atoms with Gasteiger partial charge in [0.15, 0.2) is 0 Å². The van der Waals surface area contributed by atoms with E-state index in [4.69, 9.17) is 4.74 Å². The van der Waals surface area contributed by atoms with Crippen molar-refractivity contribution in [2.45, 2.75) is 27.2 Å². The summed E-state index contributed by atoms with van der Waals surface area (Å²) in [7, 11) is 0. The van der Waals surface area contributed by atoms with Gasteiger partial charge in [-0.25, -0.2) is 0 Å². The maximum atomic E-state index is 10.8. The Balaban J connectivity index is 2.43. The third kappa shape index (κ3) is 1.95. The first-order chi connectivity index (χ1) is 5.11. The molecule has 0 radical (unpaired) electrons. The van der Waals surface area contributed by atoms with Crippen LogP contribution in [0.5, 0.6) is 0 Å². The first kappa shape index (κ1) is 8.57. The van der Waals surface area contributed by atoms with Crippen molar-refractivity contribution in [3.8, 4) is 0 Å². The number of hydrogen-bond donors (Lipinski definition) is 0. The lowest BCUT2D eigenvalue weighted by molar-refractivity contribution is -0.137. The minimum atomic E-state index is -0.0255. The molecule has 1 saturated heterocycles. The second-order valence-electron chi connectivity index (χ2n) is 3.75. The van der Waals surface area contributed by atoms with E-state index in [-0.39, 0.29) is 5.97 Å². The standard InChI is InChI=1S/C9H16O2/c1-6(2)7(3)8-4-9(10)11-5-8/h6-8H,4-5H2,1-3H3. The van der Waals surface area contributed by atoms with Crippen LogP contribution in [0.1, 0.15) is 27.2 Å². The molecule has 0 saturated carbocycles. The Labute approximate surface area is 67.9 Å². The lowest BCUT2D eigenvalue weighted by atomic mass is 9.84. The van der Waals surface area contributed by atoms with E-state index in [9.17, 15) is 4.79 Å². The minimum Gasteiger partial charge on any atom is -0.465 e. The van der Waals surface area contributed by atoms with Crippen LogP contribution >= 0.6 is 0 Å². The van der Waals surface area contributed by atoms with Crippen LogP contribution in [0.4, 0.5) is 0 Å². The van der Waals surface area contributed by atoms with Gasteiger partial charge in [-0.05, 0) is 11.8 Å². The SMILES string of the molecule is CC(C)C(C)C1COC(=O)C1. The number of rotatable bonds is 2. The lowest BCUT2D eigenvalue weighted by Gasteiger charge is -2.19. The Morgan fingerprint density at radius 1 is 1.45 bits per heavy atom. The molecule has 1 aliphatic rings. The summed E-state index contributed by atoms with van der Waals surface area (Å²) in [5, 5.41) is 0. The Hall–Kier alpha value is -0.530. The van der Waals surface area contributed by atoms with Crippen molar-refractivity contribution in [2.75, 3.05) is 6.61 Å². The van der Waals surface area contributed by atoms with Gasteiger partial charge in [-0.3, -0.25) is 4.79 Å². The molecule has 2 unspecified atom stereocenters. The van der Waals surface area contributed by atoms with E-state index in [0.717, 1.165) is 0 Å². The zero-order valence-electron chi connectivity index (χ0n) is 7.46. The van der Waals surface area contributed by atoms with E-state index >= 15 is 0 Å². The van der Waals surface area contributed by atoms with Crippen molar-refractivity contribution in [2.24, 2.45) is 17.8 Å². The molecule has 0 spiro atoms. The number of cyclic esters (lactones) is 1. The highest BCUT2D eigenvalue weighted by molar-refractivity contribution is 5.71. The molecule has 2 nitrogen and oxygen atoms in total. The number of carbonyl (C=O) groups is 1. The summed E-state index contributed by atoms with van der Waals surface area (Å²) in [6.07, 6.45) is 0.624. The largest absolute Gasteiger partial charge is 0.465 e. The van der Waals surface area contributed by atoms with Crippen molar-refractivity contribution in [3.63, 3.8) is 0 Å². The molecule has 0 aromatic rings. The number of hydrogen-bond acceptors (Lipinski definition) is 2. The van der Waals surface area contributed by atoms with E-state index in [2.05, 4.69) is 20.8 Å². The average Bonchev–Trinajstić information content (AvgIpc) is 2.34. The zero-order chi connectivity index (χ0) is 8.43. The molecule has 1 rings (SSSR count). The highest BCUT2D eigenvalue weighted by atomic mass is 16.5. The smallest absolute Gasteiger partial charge is 0.306 e. The van der Waals surface area contributed by atoms with Crippen LogP contribution in [0.15, 0.2) is 0 Å². The number of carbonyl (C=O) groups excluding carboxylic acids is 1. The molecule has 0 bridgehead atoms. The Morgan fingerprint density at radius 3 is 2.45 bits per heavy atom. The fourth-order valence-electron chi connectivity index (χ4n) is 1.41. The lowest BCUT2D eigenvalue weighted by Crippen LogP contribution is -2.16. The molecule has 2 heteroatoms. The molecule has 0 amide bonds. The van der Waals surface area contributed by atoms with Crippen molar-refractivity contribution >= 4 is 5.97 Å². The fourth-order valence-corrected chi connectivity index (χ4v) is 1.41. The monoisotopic (exact) mass is 156 g/mol. The predicted molar refractivity (Wildman–Crippen MR) is 43.1 cm³/mol. The van der Waals surface area contributed by atoms with Crippen LogP contribution in [0, 0.1) is 17.8 Å². The molecule has 1 aliphatic heterocycles. The molecule has 1 heterocycles. The molecule has 64 valence electrons. The molecule has 1 fully saturated rings. The number of esters is 1. The van der Waals surface area contributed by atoms with Crippen LogP contribution in [0.2, 0.25) is 0 Å². The topological polar surface area (TPSA) is 26.3 Å². The summed E-state index contributed by atoms with van der Waals surface area (Å²) in [5.74, 6) is 1.68. The quantitative estimate of drug-likeness (QED) is 0.570. The summed E-state index contributed by atoms with van der Waals surface area (Å²) in [4.78, 5) is 10.8. The first-order valence-electron chi connectivity index (χ1n) is 4.27. The Morgan fingerprint density at radius 2 is 2.09 bits per heavy atom. The Bertz CT molecular complexity index is 152. The van der Waals surface area contributed by atoms with Crippen LogP contribution in [-0.4, -0.2) is 12.6 Å². The summed E-state index contributed by atoms with van der Waals surface area (Å²) < 4.78 is 4.90. The second kappa shape index (κ2) is 3.24. The Kier molecular flexibility index (Phi) is 2.53. The van der Waals surface area contributed by atoms with E-state index in [0.29, 0.717) is 30.8 Å². The van der Waals surface area contributed by atoms with E-state index in [1.54, 1.807) is 0 Å². The highest BCUT2D eigenvalue weighted by Crippen LogP contribution is 2.27. The van der Waals surface area contributed by atoms with Crippen LogP contribution in [0.3, 0.4) is 0 Å². The van der Waals surface area contributed by atoms with Crippen LogP contribution in [0.25, 0.3) is 0 Å². The molecular weight excluding hydrogens is 140 g/mol. The molecule has 0 aromatic carbocycles. The molecule has 2 atom stereocenters. The maximum Gasteiger partial charge on any atom is 0.306 e. The molecule has 0 N–H and O–H groups in total. The highest BCUT2D eigenvalue weighted by Gasteiger charge is 2.29. The average molecular weight is 156 g/mol. The van der Waals surface area contributed by atoms with Gasteiger partial charge < -0.3 is 4.74 Å². The first-order valence-corrected chi connectivity index (χ1v) is 4.27. The molecule has 0 aromatic heterocycles. The van der Waals surface area contributed by atoms with Gasteiger partial charge in [0, 0.05) is 5.92 Å². The molecule has 0 aliphatic carbocycles. The second-order valence-corrected chi connectivity index (χ2v) is 3.75.